The molecule has 1 aliphatic rings. The summed E-state index contributed by atoms with van der Waals surface area (Å²) in [5.74, 6) is -0.114. The molecule has 192 valence electrons. The lowest BCUT2D eigenvalue weighted by Gasteiger charge is -2.29. The topological polar surface area (TPSA) is 46.5 Å². The van der Waals surface area contributed by atoms with Crippen LogP contribution in [0, 0.1) is 12.3 Å². The fourth-order valence-electron chi connectivity index (χ4n) is 4.10. The van der Waals surface area contributed by atoms with Crippen LogP contribution in [0.5, 0.6) is 5.75 Å². The van der Waals surface area contributed by atoms with Gasteiger partial charge in [0.15, 0.2) is 0 Å². The Morgan fingerprint density at radius 2 is 1.81 bits per heavy atom. The Labute approximate surface area is 221 Å². The molecule has 0 saturated carbocycles. The van der Waals surface area contributed by atoms with Gasteiger partial charge in [0.2, 0.25) is 0 Å². The molecule has 0 aliphatic heterocycles. The molecule has 0 fully saturated rings. The zero-order valence-electron chi connectivity index (χ0n) is 22.6. The van der Waals surface area contributed by atoms with Crippen LogP contribution in [0.25, 0.3) is 10.4 Å². The number of hydrogen-bond acceptors (Lipinski definition) is 3. The summed E-state index contributed by atoms with van der Waals surface area (Å²) in [6, 6.07) is 16.0. The van der Waals surface area contributed by atoms with Crippen molar-refractivity contribution in [3.05, 3.63) is 100 Å². The van der Waals surface area contributed by atoms with Crippen molar-refractivity contribution in [2.45, 2.75) is 67.4 Å². The number of fused-ring (bicyclic) bond motifs is 1. The number of allylic oxidation sites excluding steroid dienone is 3. The van der Waals surface area contributed by atoms with Gasteiger partial charge in [-0.05, 0) is 61.8 Å². The zero-order valence-corrected chi connectivity index (χ0v) is 23.4. The number of rotatable bonds is 6. The molecule has 0 radical (unpaired) electrons. The van der Waals surface area contributed by atoms with E-state index in [0.717, 1.165) is 46.6 Å². The van der Waals surface area contributed by atoms with Crippen LogP contribution in [0.3, 0.4) is 0 Å². The standard InChI is InChI=1S/C25H26O3S.C5H8.C2H6/c1-16-8-10-17(11-9-16)15-28-20-7-5-4-6-18(20)23-22(24(26)27)19-14-25(2,3)13-12-21(19)29-23;1-3-5-4-2;1-2/h4-11H,12-15H2,1-3H3,(H,26,27);3-5H,1H2,2H3;1-2H3/b;5-4-;. The van der Waals surface area contributed by atoms with Crippen LogP contribution in [0.1, 0.15) is 73.0 Å². The van der Waals surface area contributed by atoms with Crippen molar-refractivity contribution in [1.82, 2.24) is 0 Å². The van der Waals surface area contributed by atoms with E-state index in [9.17, 15) is 9.90 Å². The molecular weight excluding hydrogens is 464 g/mol. The van der Waals surface area contributed by atoms with Gasteiger partial charge in [-0.3, -0.25) is 0 Å². The van der Waals surface area contributed by atoms with Gasteiger partial charge in [-0.15, -0.1) is 11.3 Å². The molecule has 4 heteroatoms. The highest BCUT2D eigenvalue weighted by atomic mass is 32.1. The summed E-state index contributed by atoms with van der Waals surface area (Å²) in [4.78, 5) is 14.3. The molecule has 2 aromatic carbocycles. The van der Waals surface area contributed by atoms with Crippen LogP contribution in [0.4, 0.5) is 0 Å². The number of carbonyl (C=O) groups is 1. The third kappa shape index (κ3) is 7.69. The van der Waals surface area contributed by atoms with E-state index in [1.54, 1.807) is 17.4 Å². The summed E-state index contributed by atoms with van der Waals surface area (Å²) in [5.41, 5.74) is 4.79. The van der Waals surface area contributed by atoms with Crippen LogP contribution in [0.2, 0.25) is 0 Å². The number of thiophene rings is 1. The SMILES string of the molecule is C=C/C=C\C.CC.Cc1ccc(COc2ccccc2-c2sc3c(c2C(=O)O)CC(C)(C)CC3)cc1. The maximum absolute atomic E-state index is 12.2. The fourth-order valence-corrected chi connectivity index (χ4v) is 5.44. The van der Waals surface area contributed by atoms with Crippen LogP contribution in [0.15, 0.2) is 73.3 Å². The molecule has 1 N–H and O–H groups in total. The molecule has 0 amide bonds. The summed E-state index contributed by atoms with van der Waals surface area (Å²) in [6.07, 6.45) is 8.42. The monoisotopic (exact) mass is 504 g/mol. The minimum absolute atomic E-state index is 0.136. The predicted octanol–water partition coefficient (Wildman–Crippen LogP) is 9.29. The van der Waals surface area contributed by atoms with Gasteiger partial charge in [-0.1, -0.05) is 94.5 Å². The highest BCUT2D eigenvalue weighted by Gasteiger charge is 2.33. The summed E-state index contributed by atoms with van der Waals surface area (Å²) in [7, 11) is 0. The molecule has 1 aromatic heterocycles. The molecule has 3 aromatic rings. The molecule has 0 atom stereocenters. The summed E-state index contributed by atoms with van der Waals surface area (Å²) < 4.78 is 6.14. The number of benzene rings is 2. The van der Waals surface area contributed by atoms with Crippen molar-refractivity contribution < 1.29 is 14.6 Å². The van der Waals surface area contributed by atoms with Gasteiger partial charge in [-0.2, -0.15) is 0 Å². The minimum atomic E-state index is -0.844. The average molecular weight is 505 g/mol. The Morgan fingerprint density at radius 3 is 2.39 bits per heavy atom. The summed E-state index contributed by atoms with van der Waals surface area (Å²) in [5, 5.41) is 10.0. The molecule has 0 spiro atoms. The quantitative estimate of drug-likeness (QED) is 0.340. The first-order valence-electron chi connectivity index (χ1n) is 12.6. The van der Waals surface area contributed by atoms with E-state index in [-0.39, 0.29) is 5.41 Å². The molecule has 4 rings (SSSR count). The van der Waals surface area contributed by atoms with E-state index in [2.05, 4.69) is 51.6 Å². The number of para-hydroxylation sites is 1. The second-order valence-electron chi connectivity index (χ2n) is 9.39. The zero-order chi connectivity index (χ0) is 26.7. The summed E-state index contributed by atoms with van der Waals surface area (Å²) in [6.45, 7) is 16.4. The molecule has 0 unspecified atom stereocenters. The molecular formula is C32H40O3S. The van der Waals surface area contributed by atoms with E-state index < -0.39 is 5.97 Å². The fraction of sp³-hybridized carbons (Fsp3) is 0.344. The number of aromatic carboxylic acids is 1. The largest absolute Gasteiger partial charge is 0.488 e. The minimum Gasteiger partial charge on any atom is -0.488 e. The Bertz CT molecular complexity index is 1170. The lowest BCUT2D eigenvalue weighted by molar-refractivity contribution is 0.0696. The van der Waals surface area contributed by atoms with Crippen molar-refractivity contribution in [2.24, 2.45) is 5.41 Å². The average Bonchev–Trinajstić information content (AvgIpc) is 3.23. The maximum atomic E-state index is 12.2. The number of hydrogen-bond donors (Lipinski definition) is 1. The van der Waals surface area contributed by atoms with Gasteiger partial charge in [0.25, 0.3) is 0 Å². The van der Waals surface area contributed by atoms with Crippen LogP contribution in [-0.2, 0) is 19.4 Å². The van der Waals surface area contributed by atoms with Crippen LogP contribution in [-0.4, -0.2) is 11.1 Å². The van der Waals surface area contributed by atoms with E-state index in [1.807, 2.05) is 57.2 Å². The molecule has 1 aliphatic carbocycles. The van der Waals surface area contributed by atoms with Crippen molar-refractivity contribution in [3.8, 4) is 16.2 Å². The van der Waals surface area contributed by atoms with Gasteiger partial charge in [0.1, 0.15) is 12.4 Å². The van der Waals surface area contributed by atoms with Crippen molar-refractivity contribution in [2.75, 3.05) is 0 Å². The molecule has 3 nitrogen and oxygen atoms in total. The predicted molar refractivity (Wildman–Crippen MR) is 154 cm³/mol. The highest BCUT2D eigenvalue weighted by Crippen LogP contribution is 2.47. The maximum Gasteiger partial charge on any atom is 0.337 e. The number of carboxylic acids is 1. The Hall–Kier alpha value is -3.11. The Morgan fingerprint density at radius 1 is 1.14 bits per heavy atom. The van der Waals surface area contributed by atoms with Gasteiger partial charge in [-0.25, -0.2) is 4.79 Å². The third-order valence-electron chi connectivity index (χ3n) is 5.96. The first kappa shape index (κ1) is 29.1. The Balaban J connectivity index is 0.000000583. The van der Waals surface area contributed by atoms with Gasteiger partial charge < -0.3 is 9.84 Å². The Kier molecular flexibility index (Phi) is 11.2. The lowest BCUT2D eigenvalue weighted by Crippen LogP contribution is -2.22. The number of aryl methyl sites for hydroxylation is 2. The van der Waals surface area contributed by atoms with E-state index in [1.165, 1.54) is 10.4 Å². The molecule has 36 heavy (non-hydrogen) atoms. The second-order valence-corrected chi connectivity index (χ2v) is 10.5. The normalized spacial score (nSPS) is 13.5. The summed E-state index contributed by atoms with van der Waals surface area (Å²) >= 11 is 1.62. The van der Waals surface area contributed by atoms with E-state index in [4.69, 9.17) is 4.74 Å². The number of carboxylic acid groups (broad SMARTS) is 1. The van der Waals surface area contributed by atoms with Crippen molar-refractivity contribution in [3.63, 3.8) is 0 Å². The number of ether oxygens (including phenoxy) is 1. The third-order valence-corrected chi connectivity index (χ3v) is 7.29. The first-order chi connectivity index (χ1) is 17.3. The molecule has 0 bridgehead atoms. The lowest BCUT2D eigenvalue weighted by atomic mass is 9.76. The first-order valence-corrected chi connectivity index (χ1v) is 13.5. The van der Waals surface area contributed by atoms with Crippen LogP contribution >= 0.6 is 11.3 Å². The van der Waals surface area contributed by atoms with E-state index >= 15 is 0 Å². The van der Waals surface area contributed by atoms with Gasteiger partial charge >= 0.3 is 5.97 Å². The second kappa shape index (κ2) is 13.8. The van der Waals surface area contributed by atoms with Gasteiger partial charge in [0, 0.05) is 10.4 Å². The van der Waals surface area contributed by atoms with Crippen molar-refractivity contribution in [1.29, 1.82) is 0 Å². The van der Waals surface area contributed by atoms with Crippen LogP contribution < -0.4 is 4.74 Å². The smallest absolute Gasteiger partial charge is 0.337 e. The highest BCUT2D eigenvalue weighted by molar-refractivity contribution is 7.16. The van der Waals surface area contributed by atoms with Crippen molar-refractivity contribution >= 4 is 17.3 Å². The van der Waals surface area contributed by atoms with Gasteiger partial charge in [0.05, 0.1) is 10.4 Å². The molecule has 1 heterocycles. The van der Waals surface area contributed by atoms with E-state index in [0.29, 0.717) is 12.2 Å². The molecule has 0 saturated heterocycles.